The Morgan fingerprint density at radius 3 is 2.56 bits per heavy atom. The highest BCUT2D eigenvalue weighted by atomic mass is 35.5. The van der Waals surface area contributed by atoms with Gasteiger partial charge in [-0.1, -0.05) is 11.6 Å². The molecule has 0 fully saturated rings. The van der Waals surface area contributed by atoms with Gasteiger partial charge < -0.3 is 4.18 Å². The van der Waals surface area contributed by atoms with Crippen molar-refractivity contribution in [1.29, 1.82) is 0 Å². The van der Waals surface area contributed by atoms with Crippen molar-refractivity contribution in [2.45, 2.75) is 11.1 Å². The van der Waals surface area contributed by atoms with Crippen molar-refractivity contribution in [2.75, 3.05) is 0 Å². The van der Waals surface area contributed by atoms with E-state index in [0.29, 0.717) is 0 Å². The lowest BCUT2D eigenvalue weighted by molar-refractivity contribution is 0.487. The molecule has 0 atom stereocenters. The maximum absolute atomic E-state index is 12.8. The van der Waals surface area contributed by atoms with Crippen molar-refractivity contribution in [2.24, 2.45) is 0 Å². The molecule has 0 amide bonds. The first-order valence-corrected chi connectivity index (χ1v) is 7.45. The van der Waals surface area contributed by atoms with Gasteiger partial charge in [0.15, 0.2) is 9.96 Å². The highest BCUT2D eigenvalue weighted by Gasteiger charge is 2.20. The van der Waals surface area contributed by atoms with Crippen LogP contribution >= 0.6 is 22.9 Å². The van der Waals surface area contributed by atoms with Gasteiger partial charge in [-0.2, -0.15) is 8.42 Å². The first-order chi connectivity index (χ1) is 8.38. The second-order valence-corrected chi connectivity index (χ2v) is 6.95. The summed E-state index contributed by atoms with van der Waals surface area (Å²) in [5, 5.41) is -0.0909. The molecular formula is C11H8ClFO3S2. The lowest BCUT2D eigenvalue weighted by Crippen LogP contribution is -2.08. The third kappa shape index (κ3) is 2.82. The molecule has 0 aliphatic heterocycles. The van der Waals surface area contributed by atoms with Crippen LogP contribution in [0.1, 0.15) is 4.88 Å². The molecular weight excluding hydrogens is 299 g/mol. The van der Waals surface area contributed by atoms with Crippen LogP contribution in [0.25, 0.3) is 0 Å². The molecule has 1 aromatic heterocycles. The molecule has 3 nitrogen and oxygen atoms in total. The Labute approximate surface area is 113 Å². The first kappa shape index (κ1) is 13.3. The average molecular weight is 307 g/mol. The molecule has 7 heteroatoms. The minimum atomic E-state index is -3.92. The van der Waals surface area contributed by atoms with Crippen molar-refractivity contribution in [3.05, 3.63) is 46.0 Å². The molecule has 0 bridgehead atoms. The first-order valence-electron chi connectivity index (χ1n) is 4.84. The number of hydrogen-bond donors (Lipinski definition) is 0. The van der Waals surface area contributed by atoms with Crippen LogP contribution in [0.5, 0.6) is 5.75 Å². The summed E-state index contributed by atoms with van der Waals surface area (Å²) in [5.74, 6) is -0.652. The Bertz CT molecular complexity index is 679. The predicted octanol–water partition coefficient (Wildman–Crippen LogP) is 3.62. The van der Waals surface area contributed by atoms with Crippen molar-refractivity contribution < 1.29 is 17.0 Å². The summed E-state index contributed by atoms with van der Waals surface area (Å²) in [6.45, 7) is 1.79. The summed E-state index contributed by atoms with van der Waals surface area (Å²) in [6, 6.07) is 6.37. The van der Waals surface area contributed by atoms with Crippen molar-refractivity contribution in [3.8, 4) is 5.75 Å². The normalized spacial score (nSPS) is 11.5. The highest BCUT2D eigenvalue weighted by Crippen LogP contribution is 2.30. The smallest absolute Gasteiger partial charge is 0.348 e. The second kappa shape index (κ2) is 4.87. The maximum Gasteiger partial charge on any atom is 0.348 e. The molecule has 1 aromatic carbocycles. The number of benzene rings is 1. The summed E-state index contributed by atoms with van der Waals surface area (Å²) in [7, 11) is -3.92. The van der Waals surface area contributed by atoms with Crippen LogP contribution in [0, 0.1) is 12.7 Å². The molecule has 18 heavy (non-hydrogen) atoms. The predicted molar refractivity (Wildman–Crippen MR) is 68.3 cm³/mol. The van der Waals surface area contributed by atoms with Gasteiger partial charge in [-0.05, 0) is 37.3 Å². The molecule has 0 radical (unpaired) electrons. The lowest BCUT2D eigenvalue weighted by atomic mass is 10.3. The van der Waals surface area contributed by atoms with E-state index in [0.717, 1.165) is 28.3 Å². The van der Waals surface area contributed by atoms with E-state index in [2.05, 4.69) is 0 Å². The Morgan fingerprint density at radius 2 is 2.00 bits per heavy atom. The van der Waals surface area contributed by atoms with Gasteiger partial charge in [0.1, 0.15) is 5.82 Å². The molecule has 0 N–H and O–H groups in total. The summed E-state index contributed by atoms with van der Waals surface area (Å²) < 4.78 is 41.5. The molecule has 2 aromatic rings. The molecule has 0 aliphatic carbocycles. The van der Waals surface area contributed by atoms with Crippen LogP contribution in [-0.4, -0.2) is 8.42 Å². The zero-order valence-corrected chi connectivity index (χ0v) is 11.6. The van der Waals surface area contributed by atoms with Crippen LogP contribution in [-0.2, 0) is 10.1 Å². The largest absolute Gasteiger partial charge is 0.377 e. The fourth-order valence-electron chi connectivity index (χ4n) is 1.25. The molecule has 0 saturated heterocycles. The molecule has 0 aliphatic rings. The highest BCUT2D eigenvalue weighted by molar-refractivity contribution is 7.89. The lowest BCUT2D eigenvalue weighted by Gasteiger charge is -2.06. The Morgan fingerprint density at radius 1 is 1.28 bits per heavy atom. The van der Waals surface area contributed by atoms with E-state index in [1.807, 2.05) is 0 Å². The van der Waals surface area contributed by atoms with Crippen LogP contribution in [0.3, 0.4) is 0 Å². The van der Waals surface area contributed by atoms with E-state index < -0.39 is 15.9 Å². The Balaban J connectivity index is 2.33. The van der Waals surface area contributed by atoms with Gasteiger partial charge in [0.25, 0.3) is 0 Å². The van der Waals surface area contributed by atoms with Crippen LogP contribution in [0.15, 0.2) is 34.5 Å². The summed E-state index contributed by atoms with van der Waals surface area (Å²) in [6.07, 6.45) is 0. The average Bonchev–Trinajstić information content (AvgIpc) is 2.70. The molecule has 2 rings (SSSR count). The van der Waals surface area contributed by atoms with Gasteiger partial charge in [-0.15, -0.1) is 11.3 Å². The van der Waals surface area contributed by atoms with Crippen molar-refractivity contribution in [1.82, 2.24) is 0 Å². The van der Waals surface area contributed by atoms with E-state index in [1.165, 1.54) is 12.1 Å². The zero-order chi connectivity index (χ0) is 13.3. The minimum absolute atomic E-state index is 0.0837. The van der Waals surface area contributed by atoms with E-state index in [1.54, 1.807) is 13.0 Å². The summed E-state index contributed by atoms with van der Waals surface area (Å²) in [5.41, 5.74) is 0. The molecule has 1 heterocycles. The van der Waals surface area contributed by atoms with E-state index in [-0.39, 0.29) is 15.0 Å². The van der Waals surface area contributed by atoms with Gasteiger partial charge in [-0.3, -0.25) is 0 Å². The number of rotatable bonds is 3. The summed E-state index contributed by atoms with van der Waals surface area (Å²) in [4.78, 5) is 0.849. The molecule has 0 spiro atoms. The van der Waals surface area contributed by atoms with Gasteiger partial charge in [0.2, 0.25) is 0 Å². The Hall–Kier alpha value is -1.11. The summed E-state index contributed by atoms with van der Waals surface area (Å²) >= 11 is 6.80. The van der Waals surface area contributed by atoms with Gasteiger partial charge >= 0.3 is 10.1 Å². The number of halogens is 2. The van der Waals surface area contributed by atoms with Gasteiger partial charge in [0, 0.05) is 4.88 Å². The third-order valence-electron chi connectivity index (χ3n) is 2.06. The second-order valence-electron chi connectivity index (χ2n) is 3.48. The van der Waals surface area contributed by atoms with E-state index in [4.69, 9.17) is 15.8 Å². The molecule has 0 saturated carbocycles. The topological polar surface area (TPSA) is 43.4 Å². The van der Waals surface area contributed by atoms with Crippen LogP contribution in [0.4, 0.5) is 4.39 Å². The van der Waals surface area contributed by atoms with Crippen molar-refractivity contribution in [3.63, 3.8) is 0 Å². The van der Waals surface area contributed by atoms with Gasteiger partial charge in [0.05, 0.1) is 5.02 Å². The molecule has 96 valence electrons. The third-order valence-corrected chi connectivity index (χ3v) is 5.04. The fourth-order valence-corrected chi connectivity index (χ4v) is 3.69. The Kier molecular flexibility index (Phi) is 3.61. The fraction of sp³-hybridized carbons (Fsp3) is 0.0909. The maximum atomic E-state index is 12.8. The van der Waals surface area contributed by atoms with Crippen LogP contribution < -0.4 is 4.18 Å². The standard InChI is InChI=1S/C11H8ClFO3S2/c1-7-2-5-11(17-7)18(14,15)16-10-4-3-8(13)6-9(10)12/h2-6H,1H3. The monoisotopic (exact) mass is 306 g/mol. The number of hydrogen-bond acceptors (Lipinski definition) is 4. The van der Waals surface area contributed by atoms with E-state index in [9.17, 15) is 12.8 Å². The quantitative estimate of drug-likeness (QED) is 0.814. The minimum Gasteiger partial charge on any atom is -0.377 e. The molecule has 0 unspecified atom stereocenters. The van der Waals surface area contributed by atoms with E-state index >= 15 is 0 Å². The van der Waals surface area contributed by atoms with Gasteiger partial charge in [-0.25, -0.2) is 4.39 Å². The zero-order valence-electron chi connectivity index (χ0n) is 9.18. The van der Waals surface area contributed by atoms with Crippen molar-refractivity contribution >= 4 is 33.1 Å². The number of thiophene rings is 1. The number of aryl methyl sites for hydroxylation is 1. The van der Waals surface area contributed by atoms with Crippen LogP contribution in [0.2, 0.25) is 5.02 Å². The SMILES string of the molecule is Cc1ccc(S(=O)(=O)Oc2ccc(F)cc2Cl)s1.